The Morgan fingerprint density at radius 3 is 2.14 bits per heavy atom. The summed E-state index contributed by atoms with van der Waals surface area (Å²) in [6.07, 6.45) is 4.92. The van der Waals surface area contributed by atoms with Crippen molar-refractivity contribution in [2.45, 2.75) is 83.3 Å². The summed E-state index contributed by atoms with van der Waals surface area (Å²) < 4.78 is 43.9. The predicted octanol–water partition coefficient (Wildman–Crippen LogP) is 5.81. The molecule has 1 N–H and O–H groups in total. The van der Waals surface area contributed by atoms with Crippen LogP contribution in [0.5, 0.6) is 0 Å². The molecule has 0 aliphatic heterocycles. The lowest BCUT2D eigenvalue weighted by Crippen LogP contribution is -2.53. The quantitative estimate of drug-likeness (QED) is 0.321. The SMILES string of the molecule is Cc1ccc(S(=O)(=O)N(CC(=O)N(Cc2ccccc2F)[C@@H](C)C(=O)NC2CCCCC2)c2cc(C)cc(C)c2)cc1. The van der Waals surface area contributed by atoms with Crippen molar-refractivity contribution in [1.29, 1.82) is 0 Å². The van der Waals surface area contributed by atoms with Crippen molar-refractivity contribution in [3.05, 3.63) is 94.8 Å². The van der Waals surface area contributed by atoms with Gasteiger partial charge in [0.1, 0.15) is 18.4 Å². The number of nitrogens with one attached hydrogen (secondary N) is 1. The third-order valence-electron chi connectivity index (χ3n) is 7.80. The summed E-state index contributed by atoms with van der Waals surface area (Å²) in [7, 11) is -4.17. The number of nitrogens with zero attached hydrogens (tertiary/aromatic N) is 2. The van der Waals surface area contributed by atoms with Crippen molar-refractivity contribution < 1.29 is 22.4 Å². The number of anilines is 1. The van der Waals surface area contributed by atoms with Crippen molar-refractivity contribution in [3.8, 4) is 0 Å². The number of sulfonamides is 1. The van der Waals surface area contributed by atoms with E-state index < -0.39 is 34.3 Å². The Morgan fingerprint density at radius 2 is 1.52 bits per heavy atom. The molecule has 4 rings (SSSR count). The Morgan fingerprint density at radius 1 is 0.905 bits per heavy atom. The second-order valence-corrected chi connectivity index (χ2v) is 13.2. The van der Waals surface area contributed by atoms with E-state index in [1.54, 1.807) is 49.4 Å². The first-order valence-electron chi connectivity index (χ1n) is 14.5. The Kier molecular flexibility index (Phi) is 10.0. The molecule has 0 bridgehead atoms. The maximum atomic E-state index is 14.8. The zero-order valence-corrected chi connectivity index (χ0v) is 25.6. The standard InChI is InChI=1S/C33H40FN3O4S/c1-23-14-16-30(17-15-23)42(40,41)37(29-19-24(2)18-25(3)20-29)22-32(38)36(21-27-10-8-9-13-31(27)34)26(4)33(39)35-28-11-6-5-7-12-28/h8-10,13-20,26,28H,5-7,11-12,21-22H2,1-4H3,(H,35,39)/t26-/m0/s1. The van der Waals surface area contributed by atoms with Crippen LogP contribution in [0, 0.1) is 26.6 Å². The summed E-state index contributed by atoms with van der Waals surface area (Å²) in [5.41, 5.74) is 3.15. The van der Waals surface area contributed by atoms with Gasteiger partial charge in [0, 0.05) is 18.2 Å². The largest absolute Gasteiger partial charge is 0.352 e. The van der Waals surface area contributed by atoms with E-state index in [0.29, 0.717) is 5.69 Å². The van der Waals surface area contributed by atoms with E-state index in [-0.39, 0.29) is 29.0 Å². The Bertz CT molecular complexity index is 1500. The molecule has 0 radical (unpaired) electrons. The fraction of sp³-hybridized carbons (Fsp3) is 0.394. The molecule has 0 heterocycles. The van der Waals surface area contributed by atoms with Crippen molar-refractivity contribution in [3.63, 3.8) is 0 Å². The number of hydrogen-bond donors (Lipinski definition) is 1. The van der Waals surface area contributed by atoms with E-state index in [0.717, 1.165) is 53.1 Å². The third kappa shape index (κ3) is 7.56. The minimum atomic E-state index is -4.17. The van der Waals surface area contributed by atoms with Crippen LogP contribution in [0.2, 0.25) is 0 Å². The lowest BCUT2D eigenvalue weighted by atomic mass is 9.95. The van der Waals surface area contributed by atoms with Gasteiger partial charge < -0.3 is 10.2 Å². The van der Waals surface area contributed by atoms with Crippen LogP contribution in [-0.4, -0.2) is 43.8 Å². The monoisotopic (exact) mass is 593 g/mol. The van der Waals surface area contributed by atoms with Crippen molar-refractivity contribution in [2.24, 2.45) is 0 Å². The number of amides is 2. The van der Waals surface area contributed by atoms with Gasteiger partial charge in [-0.25, -0.2) is 12.8 Å². The molecular weight excluding hydrogens is 553 g/mol. The molecule has 7 nitrogen and oxygen atoms in total. The molecule has 1 aliphatic rings. The molecule has 2 amide bonds. The second kappa shape index (κ2) is 13.5. The Hall–Kier alpha value is -3.72. The van der Waals surface area contributed by atoms with Crippen LogP contribution in [0.1, 0.15) is 61.3 Å². The van der Waals surface area contributed by atoms with E-state index in [1.807, 2.05) is 26.8 Å². The van der Waals surface area contributed by atoms with Gasteiger partial charge in [0.15, 0.2) is 0 Å². The van der Waals surface area contributed by atoms with E-state index >= 15 is 0 Å². The van der Waals surface area contributed by atoms with E-state index in [2.05, 4.69) is 5.32 Å². The fourth-order valence-corrected chi connectivity index (χ4v) is 6.82. The van der Waals surface area contributed by atoms with Crippen LogP contribution in [0.4, 0.5) is 10.1 Å². The number of hydrogen-bond acceptors (Lipinski definition) is 4. The summed E-state index contributed by atoms with van der Waals surface area (Å²) in [5.74, 6) is -1.46. The average Bonchev–Trinajstić information content (AvgIpc) is 2.95. The highest BCUT2D eigenvalue weighted by Gasteiger charge is 2.33. The van der Waals surface area contributed by atoms with Gasteiger partial charge in [-0.15, -0.1) is 0 Å². The molecule has 3 aromatic carbocycles. The summed E-state index contributed by atoms with van der Waals surface area (Å²) in [5, 5.41) is 3.06. The van der Waals surface area contributed by atoms with Crippen LogP contribution in [0.3, 0.4) is 0 Å². The maximum Gasteiger partial charge on any atom is 0.264 e. The number of rotatable bonds is 10. The third-order valence-corrected chi connectivity index (χ3v) is 9.59. The first kappa shape index (κ1) is 31.2. The van der Waals surface area contributed by atoms with Gasteiger partial charge in [-0.2, -0.15) is 0 Å². The highest BCUT2D eigenvalue weighted by atomic mass is 32.2. The molecule has 1 saturated carbocycles. The lowest BCUT2D eigenvalue weighted by Gasteiger charge is -2.33. The molecule has 0 unspecified atom stereocenters. The van der Waals surface area contributed by atoms with Gasteiger partial charge in [-0.1, -0.05) is 61.2 Å². The average molecular weight is 594 g/mol. The van der Waals surface area contributed by atoms with Crippen LogP contribution in [0.25, 0.3) is 0 Å². The van der Waals surface area contributed by atoms with Crippen LogP contribution < -0.4 is 9.62 Å². The molecule has 224 valence electrons. The molecule has 0 saturated heterocycles. The van der Waals surface area contributed by atoms with E-state index in [4.69, 9.17) is 0 Å². The van der Waals surface area contributed by atoms with Crippen molar-refractivity contribution >= 4 is 27.5 Å². The van der Waals surface area contributed by atoms with Gasteiger partial charge in [0.05, 0.1) is 10.6 Å². The number of halogens is 1. The van der Waals surface area contributed by atoms with E-state index in [1.165, 1.54) is 23.1 Å². The molecule has 1 aliphatic carbocycles. The number of benzene rings is 3. The lowest BCUT2D eigenvalue weighted by molar-refractivity contribution is -0.139. The summed E-state index contributed by atoms with van der Waals surface area (Å²) in [4.78, 5) is 28.8. The van der Waals surface area contributed by atoms with Gasteiger partial charge >= 0.3 is 0 Å². The number of carbonyl (C=O) groups is 2. The van der Waals surface area contributed by atoms with Crippen LogP contribution in [-0.2, 0) is 26.2 Å². The number of carbonyl (C=O) groups excluding carboxylic acids is 2. The van der Waals surface area contributed by atoms with Gasteiger partial charge in [0.2, 0.25) is 11.8 Å². The molecule has 3 aromatic rings. The fourth-order valence-electron chi connectivity index (χ4n) is 5.42. The zero-order valence-electron chi connectivity index (χ0n) is 24.8. The highest BCUT2D eigenvalue weighted by molar-refractivity contribution is 7.92. The summed E-state index contributed by atoms with van der Waals surface area (Å²) in [6.45, 7) is 6.44. The first-order chi connectivity index (χ1) is 20.0. The minimum Gasteiger partial charge on any atom is -0.352 e. The maximum absolute atomic E-state index is 14.8. The summed E-state index contributed by atoms with van der Waals surface area (Å²) in [6, 6.07) is 16.9. The highest BCUT2D eigenvalue weighted by Crippen LogP contribution is 2.27. The summed E-state index contributed by atoms with van der Waals surface area (Å²) >= 11 is 0. The van der Waals surface area contributed by atoms with Gasteiger partial charge in [-0.05, 0) is 82.0 Å². The topological polar surface area (TPSA) is 86.8 Å². The van der Waals surface area contributed by atoms with Gasteiger partial charge in [-0.3, -0.25) is 13.9 Å². The van der Waals surface area contributed by atoms with Gasteiger partial charge in [0.25, 0.3) is 10.0 Å². The molecule has 9 heteroatoms. The minimum absolute atomic E-state index is 0.0211. The Labute approximate surface area is 248 Å². The molecule has 1 fully saturated rings. The normalized spacial score (nSPS) is 14.7. The number of aryl methyl sites for hydroxylation is 3. The van der Waals surface area contributed by atoms with Crippen molar-refractivity contribution in [2.75, 3.05) is 10.8 Å². The molecular formula is C33H40FN3O4S. The first-order valence-corrected chi connectivity index (χ1v) is 15.9. The second-order valence-electron chi connectivity index (χ2n) is 11.3. The molecule has 0 spiro atoms. The van der Waals surface area contributed by atoms with Crippen LogP contribution >= 0.6 is 0 Å². The van der Waals surface area contributed by atoms with E-state index in [9.17, 15) is 22.4 Å². The van der Waals surface area contributed by atoms with Crippen molar-refractivity contribution in [1.82, 2.24) is 10.2 Å². The Balaban J connectivity index is 1.71. The predicted molar refractivity (Wildman–Crippen MR) is 163 cm³/mol. The molecule has 0 aromatic heterocycles. The van der Waals surface area contributed by atoms with Crippen LogP contribution in [0.15, 0.2) is 71.6 Å². The molecule has 1 atom stereocenters. The smallest absolute Gasteiger partial charge is 0.264 e. The zero-order chi connectivity index (χ0) is 30.4. The molecule has 42 heavy (non-hydrogen) atoms.